The number of rotatable bonds is 5. The number of guanidine groups is 1. The molecule has 1 unspecified atom stereocenters. The highest BCUT2D eigenvalue weighted by Crippen LogP contribution is 2.32. The first-order valence-electron chi connectivity index (χ1n) is 9.40. The van der Waals surface area contributed by atoms with Gasteiger partial charge in [-0.1, -0.05) is 12.1 Å². The van der Waals surface area contributed by atoms with Crippen LogP contribution >= 0.6 is 24.0 Å². The molecular formula is C19H26F3IN4O2. The molecule has 1 aliphatic heterocycles. The fraction of sp³-hybridized carbons (Fsp3) is 0.579. The highest BCUT2D eigenvalue weighted by molar-refractivity contribution is 14.0. The molecule has 1 atom stereocenters. The van der Waals surface area contributed by atoms with Crippen molar-refractivity contribution in [2.24, 2.45) is 10.9 Å². The summed E-state index contributed by atoms with van der Waals surface area (Å²) in [5, 5.41) is 6.06. The van der Waals surface area contributed by atoms with E-state index in [0.29, 0.717) is 44.3 Å². The quantitative estimate of drug-likeness (QED) is 0.268. The van der Waals surface area contributed by atoms with Gasteiger partial charge in [-0.2, -0.15) is 13.2 Å². The van der Waals surface area contributed by atoms with Gasteiger partial charge < -0.3 is 20.3 Å². The number of aliphatic imine (C=N–C) groups is 1. The number of ether oxygens (including phenoxy) is 1. The van der Waals surface area contributed by atoms with Gasteiger partial charge in [-0.05, 0) is 30.5 Å². The van der Waals surface area contributed by atoms with Gasteiger partial charge in [0.2, 0.25) is 5.91 Å². The van der Waals surface area contributed by atoms with Gasteiger partial charge >= 0.3 is 6.18 Å². The molecule has 2 fully saturated rings. The van der Waals surface area contributed by atoms with E-state index in [1.807, 2.05) is 4.90 Å². The number of amides is 1. The fourth-order valence-electron chi connectivity index (χ4n) is 3.14. The van der Waals surface area contributed by atoms with Crippen molar-refractivity contribution in [3.63, 3.8) is 0 Å². The largest absolute Gasteiger partial charge is 0.416 e. The van der Waals surface area contributed by atoms with Crippen LogP contribution in [0, 0.1) is 5.92 Å². The van der Waals surface area contributed by atoms with Crippen LogP contribution in [0.4, 0.5) is 13.2 Å². The Kier molecular flexibility index (Phi) is 8.56. The Morgan fingerprint density at radius 1 is 1.28 bits per heavy atom. The summed E-state index contributed by atoms with van der Waals surface area (Å²) in [6, 6.07) is 5.24. The maximum Gasteiger partial charge on any atom is 0.416 e. The van der Waals surface area contributed by atoms with E-state index >= 15 is 0 Å². The van der Waals surface area contributed by atoms with Gasteiger partial charge in [0.1, 0.15) is 6.10 Å². The molecule has 1 amide bonds. The Hall–Kier alpha value is -1.56. The molecule has 1 heterocycles. The first kappa shape index (κ1) is 23.7. The molecular weight excluding hydrogens is 500 g/mol. The van der Waals surface area contributed by atoms with Gasteiger partial charge in [0.25, 0.3) is 0 Å². The summed E-state index contributed by atoms with van der Waals surface area (Å²) in [4.78, 5) is 17.8. The topological polar surface area (TPSA) is 66.0 Å². The summed E-state index contributed by atoms with van der Waals surface area (Å²) in [7, 11) is 1.65. The minimum atomic E-state index is -4.38. The Morgan fingerprint density at radius 2 is 2.00 bits per heavy atom. The third kappa shape index (κ3) is 6.73. The van der Waals surface area contributed by atoms with Gasteiger partial charge in [-0.3, -0.25) is 9.79 Å². The number of halogens is 4. The van der Waals surface area contributed by atoms with E-state index in [1.54, 1.807) is 13.1 Å². The van der Waals surface area contributed by atoms with Crippen LogP contribution in [0.15, 0.2) is 29.3 Å². The van der Waals surface area contributed by atoms with E-state index in [9.17, 15) is 18.0 Å². The smallest absolute Gasteiger partial charge is 0.370 e. The van der Waals surface area contributed by atoms with Crippen LogP contribution < -0.4 is 10.6 Å². The summed E-state index contributed by atoms with van der Waals surface area (Å²) in [5.74, 6) is 0.903. The standard InChI is InChI=1S/C19H25F3N4O2.HI/c1-23-18(25-8-7-24-17(27)13-5-6-13)26-9-10-28-16(12-26)14-3-2-4-15(11-14)19(20,21)22;/h2-4,11,13,16H,5-10,12H2,1H3,(H,23,25)(H,24,27);1H. The summed E-state index contributed by atoms with van der Waals surface area (Å²) in [6.07, 6.45) is -2.92. The second kappa shape index (κ2) is 10.5. The van der Waals surface area contributed by atoms with Crippen molar-refractivity contribution in [3.8, 4) is 0 Å². The minimum Gasteiger partial charge on any atom is -0.370 e. The van der Waals surface area contributed by atoms with Gasteiger partial charge in [-0.25, -0.2) is 0 Å². The van der Waals surface area contributed by atoms with E-state index in [1.165, 1.54) is 6.07 Å². The van der Waals surface area contributed by atoms with E-state index in [2.05, 4.69) is 15.6 Å². The third-order valence-corrected chi connectivity index (χ3v) is 4.82. The molecule has 29 heavy (non-hydrogen) atoms. The van der Waals surface area contributed by atoms with Crippen molar-refractivity contribution in [1.29, 1.82) is 0 Å². The Morgan fingerprint density at radius 3 is 2.66 bits per heavy atom. The zero-order valence-electron chi connectivity index (χ0n) is 16.2. The lowest BCUT2D eigenvalue weighted by molar-refractivity contribution is -0.137. The normalized spacial score (nSPS) is 20.1. The SMILES string of the molecule is CN=C(NCCNC(=O)C1CC1)N1CCOC(c2cccc(C(F)(F)F)c2)C1.I. The minimum absolute atomic E-state index is 0. The van der Waals surface area contributed by atoms with Crippen molar-refractivity contribution in [2.75, 3.05) is 39.8 Å². The second-order valence-electron chi connectivity index (χ2n) is 6.97. The molecule has 1 aromatic carbocycles. The predicted molar refractivity (Wildman–Crippen MR) is 114 cm³/mol. The summed E-state index contributed by atoms with van der Waals surface area (Å²) < 4.78 is 44.6. The monoisotopic (exact) mass is 526 g/mol. The number of morpholine rings is 1. The van der Waals surface area contributed by atoms with E-state index in [-0.39, 0.29) is 35.8 Å². The van der Waals surface area contributed by atoms with E-state index in [0.717, 1.165) is 25.0 Å². The average Bonchev–Trinajstić information content (AvgIpc) is 3.53. The lowest BCUT2D eigenvalue weighted by atomic mass is 10.0. The zero-order valence-corrected chi connectivity index (χ0v) is 18.5. The van der Waals surface area contributed by atoms with Gasteiger partial charge in [-0.15, -0.1) is 24.0 Å². The van der Waals surface area contributed by atoms with Gasteiger partial charge in [0.05, 0.1) is 18.7 Å². The number of hydrogen-bond donors (Lipinski definition) is 2. The number of hydrogen-bond acceptors (Lipinski definition) is 3. The average molecular weight is 526 g/mol. The lowest BCUT2D eigenvalue weighted by Crippen LogP contribution is -2.49. The maximum atomic E-state index is 13.0. The predicted octanol–water partition coefficient (Wildman–Crippen LogP) is 2.80. The van der Waals surface area contributed by atoms with Crippen LogP contribution in [-0.4, -0.2) is 56.6 Å². The molecule has 0 radical (unpaired) electrons. The number of nitrogens with zero attached hydrogens (tertiary/aromatic N) is 2. The molecule has 10 heteroatoms. The highest BCUT2D eigenvalue weighted by atomic mass is 127. The molecule has 1 aromatic rings. The van der Waals surface area contributed by atoms with Crippen LogP contribution in [-0.2, 0) is 15.7 Å². The molecule has 0 aromatic heterocycles. The van der Waals surface area contributed by atoms with Crippen LogP contribution in [0.5, 0.6) is 0 Å². The van der Waals surface area contributed by atoms with E-state index in [4.69, 9.17) is 4.74 Å². The van der Waals surface area contributed by atoms with Crippen LogP contribution in [0.25, 0.3) is 0 Å². The highest BCUT2D eigenvalue weighted by Gasteiger charge is 2.32. The van der Waals surface area contributed by atoms with E-state index < -0.39 is 17.8 Å². The molecule has 1 saturated heterocycles. The summed E-state index contributed by atoms with van der Waals surface area (Å²) >= 11 is 0. The Bertz CT molecular complexity index is 726. The lowest BCUT2D eigenvalue weighted by Gasteiger charge is -2.35. The van der Waals surface area contributed by atoms with Crippen molar-refractivity contribution < 1.29 is 22.7 Å². The van der Waals surface area contributed by atoms with Crippen LogP contribution in [0.2, 0.25) is 0 Å². The second-order valence-corrected chi connectivity index (χ2v) is 6.97. The zero-order chi connectivity index (χ0) is 20.1. The summed E-state index contributed by atoms with van der Waals surface area (Å²) in [5.41, 5.74) is -0.189. The van der Waals surface area contributed by atoms with Crippen LogP contribution in [0.1, 0.15) is 30.1 Å². The number of alkyl halides is 3. The third-order valence-electron chi connectivity index (χ3n) is 4.82. The van der Waals surface area contributed by atoms with Crippen molar-refractivity contribution >= 4 is 35.8 Å². The van der Waals surface area contributed by atoms with Crippen molar-refractivity contribution in [2.45, 2.75) is 25.1 Å². The number of carbonyl (C=O) groups excluding carboxylic acids is 1. The fourth-order valence-corrected chi connectivity index (χ4v) is 3.14. The number of carbonyl (C=O) groups is 1. The van der Waals surface area contributed by atoms with Crippen molar-refractivity contribution in [1.82, 2.24) is 15.5 Å². The summed E-state index contributed by atoms with van der Waals surface area (Å²) in [6.45, 7) is 2.39. The van der Waals surface area contributed by atoms with Crippen LogP contribution in [0.3, 0.4) is 0 Å². The first-order valence-corrected chi connectivity index (χ1v) is 9.40. The van der Waals surface area contributed by atoms with Gasteiger partial charge in [0, 0.05) is 32.6 Å². The van der Waals surface area contributed by atoms with Crippen molar-refractivity contribution in [3.05, 3.63) is 35.4 Å². The molecule has 3 rings (SSSR count). The molecule has 0 bridgehead atoms. The molecule has 162 valence electrons. The molecule has 0 spiro atoms. The maximum absolute atomic E-state index is 13.0. The molecule has 6 nitrogen and oxygen atoms in total. The molecule has 2 N–H and O–H groups in total. The first-order chi connectivity index (χ1) is 13.4. The number of benzene rings is 1. The molecule has 2 aliphatic rings. The molecule has 1 saturated carbocycles. The van der Waals surface area contributed by atoms with Gasteiger partial charge in [0.15, 0.2) is 5.96 Å². The Labute approximate surface area is 185 Å². The molecule has 1 aliphatic carbocycles. The Balaban J connectivity index is 0.00000300. The number of nitrogens with one attached hydrogen (secondary N) is 2.